The molecule has 1 aromatic rings. The van der Waals surface area contributed by atoms with Crippen molar-refractivity contribution in [3.8, 4) is 0 Å². The predicted molar refractivity (Wildman–Crippen MR) is 62.2 cm³/mol. The van der Waals surface area contributed by atoms with E-state index in [1.165, 1.54) is 15.5 Å². The zero-order valence-corrected chi connectivity index (χ0v) is 10.3. The molecule has 0 N–H and O–H groups in total. The molecule has 1 heterocycles. The minimum absolute atomic E-state index is 0.574. The molecule has 0 saturated heterocycles. The first-order valence-electron chi connectivity index (χ1n) is 5.03. The van der Waals surface area contributed by atoms with Gasteiger partial charge < -0.3 is 0 Å². The number of rotatable bonds is 2. The first kappa shape index (κ1) is 9.95. The van der Waals surface area contributed by atoms with Crippen LogP contribution in [0, 0.1) is 5.92 Å². The Morgan fingerprint density at radius 3 is 2.57 bits per heavy atom. The Morgan fingerprint density at radius 1 is 1.29 bits per heavy atom. The molecule has 74 valence electrons. The first-order valence-corrected chi connectivity index (χ1v) is 7.10. The summed E-state index contributed by atoms with van der Waals surface area (Å²) in [6, 6.07) is 11.2. The van der Waals surface area contributed by atoms with Gasteiger partial charge in [0, 0.05) is 0 Å². The van der Waals surface area contributed by atoms with Gasteiger partial charge in [-0.1, -0.05) is 0 Å². The molecular weight excluding hydrogens is 237 g/mol. The molecule has 0 unspecified atom stereocenters. The van der Waals surface area contributed by atoms with Crippen molar-refractivity contribution in [3.63, 3.8) is 0 Å². The average Bonchev–Trinajstić information content (AvgIpc) is 2.68. The molecule has 0 bridgehead atoms. The maximum atomic E-state index is 4.80. The van der Waals surface area contributed by atoms with E-state index in [9.17, 15) is 0 Å². The second-order valence-electron chi connectivity index (χ2n) is 3.92. The van der Waals surface area contributed by atoms with E-state index in [2.05, 4.69) is 44.2 Å². The number of benzene rings is 1. The Hall–Kier alpha value is -0.591. The SMILES string of the molecule is CC(C)[C@@H]1C[Se]C(c2ccccc2)=N1. The van der Waals surface area contributed by atoms with Gasteiger partial charge in [0.1, 0.15) is 0 Å². The van der Waals surface area contributed by atoms with Gasteiger partial charge in [0.15, 0.2) is 0 Å². The van der Waals surface area contributed by atoms with Crippen LogP contribution in [0.4, 0.5) is 0 Å². The van der Waals surface area contributed by atoms with Gasteiger partial charge in [-0.25, -0.2) is 0 Å². The molecule has 0 radical (unpaired) electrons. The molecule has 0 aliphatic carbocycles. The molecule has 0 aromatic heterocycles. The average molecular weight is 252 g/mol. The van der Waals surface area contributed by atoms with Crippen LogP contribution in [0.5, 0.6) is 0 Å². The van der Waals surface area contributed by atoms with E-state index in [0.717, 1.165) is 0 Å². The standard InChI is InChI=1S/C12H15NSe/c1-9(2)11-8-14-12(13-11)10-6-4-3-5-7-10/h3-7,9,11H,8H2,1-2H3/t11-/m0/s1. The molecule has 1 atom stereocenters. The van der Waals surface area contributed by atoms with Gasteiger partial charge in [-0.2, -0.15) is 0 Å². The van der Waals surface area contributed by atoms with E-state index in [0.29, 0.717) is 26.9 Å². The summed E-state index contributed by atoms with van der Waals surface area (Å²) in [7, 11) is 0. The topological polar surface area (TPSA) is 12.4 Å². The summed E-state index contributed by atoms with van der Waals surface area (Å²) in [5, 5.41) is 1.29. The molecule has 1 nitrogen and oxygen atoms in total. The van der Waals surface area contributed by atoms with E-state index in [1.807, 2.05) is 0 Å². The molecule has 1 aliphatic heterocycles. The fourth-order valence-electron chi connectivity index (χ4n) is 1.47. The normalized spacial score (nSPS) is 21.4. The Kier molecular flexibility index (Phi) is 3.05. The summed E-state index contributed by atoms with van der Waals surface area (Å²) in [4.78, 5) is 4.80. The minimum atomic E-state index is 0.574. The Balaban J connectivity index is 2.18. The predicted octanol–water partition coefficient (Wildman–Crippen LogP) is 2.59. The zero-order valence-electron chi connectivity index (χ0n) is 8.60. The van der Waals surface area contributed by atoms with Crippen molar-refractivity contribution in [2.45, 2.75) is 25.2 Å². The Morgan fingerprint density at radius 2 is 2.00 bits per heavy atom. The van der Waals surface area contributed by atoms with E-state index in [4.69, 9.17) is 4.99 Å². The number of hydrogen-bond acceptors (Lipinski definition) is 1. The van der Waals surface area contributed by atoms with Crippen LogP contribution in [0.25, 0.3) is 0 Å². The van der Waals surface area contributed by atoms with Crippen LogP contribution in [0.3, 0.4) is 0 Å². The molecule has 14 heavy (non-hydrogen) atoms. The molecule has 1 aliphatic rings. The Labute approximate surface area is 91.8 Å². The third-order valence-corrected chi connectivity index (χ3v) is 4.82. The van der Waals surface area contributed by atoms with E-state index >= 15 is 0 Å². The maximum absolute atomic E-state index is 4.80. The number of aliphatic imine (C=N–C) groups is 1. The fourth-order valence-corrected chi connectivity index (χ4v) is 4.20. The summed E-state index contributed by atoms with van der Waals surface area (Å²) in [6.45, 7) is 4.52. The van der Waals surface area contributed by atoms with Crippen molar-refractivity contribution in [3.05, 3.63) is 35.9 Å². The molecule has 1 aromatic carbocycles. The van der Waals surface area contributed by atoms with Crippen LogP contribution in [0.2, 0.25) is 5.32 Å². The summed E-state index contributed by atoms with van der Waals surface area (Å²) >= 11 is 0.594. The summed E-state index contributed by atoms with van der Waals surface area (Å²) < 4.78 is 1.36. The van der Waals surface area contributed by atoms with Gasteiger partial charge in [0.2, 0.25) is 0 Å². The summed E-state index contributed by atoms with van der Waals surface area (Å²) in [6.07, 6.45) is 0. The van der Waals surface area contributed by atoms with Crippen LogP contribution in [0.1, 0.15) is 19.4 Å². The van der Waals surface area contributed by atoms with Gasteiger partial charge in [0.25, 0.3) is 0 Å². The monoisotopic (exact) mass is 253 g/mol. The van der Waals surface area contributed by atoms with Crippen molar-refractivity contribution < 1.29 is 0 Å². The van der Waals surface area contributed by atoms with Crippen molar-refractivity contribution in [2.75, 3.05) is 0 Å². The fraction of sp³-hybridized carbons (Fsp3) is 0.417. The van der Waals surface area contributed by atoms with Gasteiger partial charge in [-0.3, -0.25) is 0 Å². The quantitative estimate of drug-likeness (QED) is 0.717. The molecular formula is C12H15NSe. The van der Waals surface area contributed by atoms with E-state index in [-0.39, 0.29) is 0 Å². The second kappa shape index (κ2) is 4.29. The van der Waals surface area contributed by atoms with Crippen LogP contribution in [-0.4, -0.2) is 25.6 Å². The van der Waals surface area contributed by atoms with Gasteiger partial charge >= 0.3 is 91.6 Å². The number of hydrogen-bond donors (Lipinski definition) is 0. The van der Waals surface area contributed by atoms with Crippen molar-refractivity contribution in [2.24, 2.45) is 10.9 Å². The molecule has 0 spiro atoms. The molecule has 0 fully saturated rings. The molecule has 0 amide bonds. The van der Waals surface area contributed by atoms with Gasteiger partial charge in [-0.05, 0) is 0 Å². The van der Waals surface area contributed by atoms with E-state index in [1.54, 1.807) is 0 Å². The van der Waals surface area contributed by atoms with Crippen LogP contribution >= 0.6 is 0 Å². The van der Waals surface area contributed by atoms with Crippen molar-refractivity contribution in [1.82, 2.24) is 0 Å². The Bertz CT molecular complexity index is 329. The van der Waals surface area contributed by atoms with Gasteiger partial charge in [0.05, 0.1) is 0 Å². The van der Waals surface area contributed by atoms with Crippen LogP contribution in [-0.2, 0) is 0 Å². The third kappa shape index (κ3) is 2.07. The summed E-state index contributed by atoms with van der Waals surface area (Å²) in [5.74, 6) is 0.693. The molecule has 2 rings (SSSR count). The zero-order chi connectivity index (χ0) is 9.97. The van der Waals surface area contributed by atoms with Crippen LogP contribution in [0.15, 0.2) is 35.3 Å². The molecule has 0 saturated carbocycles. The summed E-state index contributed by atoms with van der Waals surface area (Å²) in [5.41, 5.74) is 1.33. The van der Waals surface area contributed by atoms with Crippen molar-refractivity contribution in [1.29, 1.82) is 0 Å². The molecule has 2 heteroatoms. The van der Waals surface area contributed by atoms with Gasteiger partial charge in [-0.15, -0.1) is 0 Å². The van der Waals surface area contributed by atoms with Crippen molar-refractivity contribution >= 4 is 19.6 Å². The third-order valence-electron chi connectivity index (χ3n) is 2.46. The second-order valence-corrected chi connectivity index (χ2v) is 6.04. The first-order chi connectivity index (χ1) is 6.77. The van der Waals surface area contributed by atoms with E-state index < -0.39 is 0 Å². The number of nitrogens with zero attached hydrogens (tertiary/aromatic N) is 1. The van der Waals surface area contributed by atoms with Crippen LogP contribution < -0.4 is 0 Å².